The Hall–Kier alpha value is -1.16. The van der Waals surface area contributed by atoms with E-state index in [4.69, 9.17) is 4.74 Å². The van der Waals surface area contributed by atoms with Crippen molar-refractivity contribution in [2.45, 2.75) is 26.7 Å². The second-order valence-electron chi connectivity index (χ2n) is 5.26. The summed E-state index contributed by atoms with van der Waals surface area (Å²) in [6.45, 7) is 4.96. The number of ether oxygens (including phenoxy) is 1. The molecule has 1 rings (SSSR count). The van der Waals surface area contributed by atoms with Crippen LogP contribution in [0.4, 0.5) is 8.78 Å². The Kier molecular flexibility index (Phi) is 5.08. The summed E-state index contributed by atoms with van der Waals surface area (Å²) < 4.78 is 32.3. The van der Waals surface area contributed by atoms with Gasteiger partial charge in [0, 0.05) is 17.7 Å². The minimum absolute atomic E-state index is 0.00750. The van der Waals surface area contributed by atoms with E-state index >= 15 is 0 Å². The highest BCUT2D eigenvalue weighted by Crippen LogP contribution is 2.26. The first-order chi connectivity index (χ1) is 8.39. The third kappa shape index (κ3) is 3.95. The lowest BCUT2D eigenvalue weighted by atomic mass is 9.86. The van der Waals surface area contributed by atoms with Crippen LogP contribution in [-0.2, 0) is 6.42 Å². The van der Waals surface area contributed by atoms with E-state index in [1.807, 2.05) is 7.05 Å². The van der Waals surface area contributed by atoms with Crippen molar-refractivity contribution in [1.29, 1.82) is 0 Å². The molecule has 1 aromatic carbocycles. The summed E-state index contributed by atoms with van der Waals surface area (Å²) in [6, 6.07) is 2.45. The van der Waals surface area contributed by atoms with Crippen molar-refractivity contribution in [3.8, 4) is 5.75 Å². The van der Waals surface area contributed by atoms with E-state index < -0.39 is 11.6 Å². The zero-order chi connectivity index (χ0) is 13.8. The molecule has 0 heterocycles. The highest BCUT2D eigenvalue weighted by molar-refractivity contribution is 5.30. The molecule has 1 N–H and O–H groups in total. The molecule has 0 radical (unpaired) electrons. The summed E-state index contributed by atoms with van der Waals surface area (Å²) >= 11 is 0. The summed E-state index contributed by atoms with van der Waals surface area (Å²) in [5, 5.41) is 3.08. The quantitative estimate of drug-likeness (QED) is 0.845. The highest BCUT2D eigenvalue weighted by atomic mass is 19.1. The fourth-order valence-electron chi connectivity index (χ4n) is 1.97. The molecular weight excluding hydrogens is 236 g/mol. The zero-order valence-electron chi connectivity index (χ0n) is 11.4. The molecule has 0 atom stereocenters. The van der Waals surface area contributed by atoms with Gasteiger partial charge in [-0.1, -0.05) is 13.8 Å². The molecule has 4 heteroatoms. The summed E-state index contributed by atoms with van der Waals surface area (Å²) in [5.74, 6) is -0.859. The van der Waals surface area contributed by atoms with Crippen LogP contribution in [0.3, 0.4) is 0 Å². The first kappa shape index (κ1) is 14.9. The lowest BCUT2D eigenvalue weighted by Crippen LogP contribution is -2.27. The molecule has 0 fully saturated rings. The molecule has 0 spiro atoms. The fourth-order valence-corrected chi connectivity index (χ4v) is 1.97. The Morgan fingerprint density at radius 2 is 1.78 bits per heavy atom. The van der Waals surface area contributed by atoms with E-state index in [0.717, 1.165) is 6.54 Å². The Morgan fingerprint density at radius 3 is 2.22 bits per heavy atom. The second kappa shape index (κ2) is 6.14. The SMILES string of the molecule is CNCC(C)(C)CCc1c(F)cc(OC)cc1F. The molecule has 2 nitrogen and oxygen atoms in total. The van der Waals surface area contributed by atoms with Gasteiger partial charge >= 0.3 is 0 Å². The Labute approximate surface area is 107 Å². The van der Waals surface area contributed by atoms with Crippen LogP contribution in [0.15, 0.2) is 12.1 Å². The molecule has 0 aliphatic carbocycles. The van der Waals surface area contributed by atoms with Crippen LogP contribution in [0.25, 0.3) is 0 Å². The van der Waals surface area contributed by atoms with Gasteiger partial charge in [-0.3, -0.25) is 0 Å². The van der Waals surface area contributed by atoms with E-state index in [1.54, 1.807) is 0 Å². The molecule has 102 valence electrons. The summed E-state index contributed by atoms with van der Waals surface area (Å²) in [7, 11) is 3.26. The Balaban J connectivity index is 2.79. The van der Waals surface area contributed by atoms with Gasteiger partial charge in [0.05, 0.1) is 7.11 Å². The Morgan fingerprint density at radius 1 is 1.22 bits per heavy atom. The zero-order valence-corrected chi connectivity index (χ0v) is 11.4. The van der Waals surface area contributed by atoms with Crippen molar-refractivity contribution < 1.29 is 13.5 Å². The summed E-state index contributed by atoms with van der Waals surface area (Å²) in [6.07, 6.45) is 1.10. The molecule has 0 amide bonds. The van der Waals surface area contributed by atoms with Crippen molar-refractivity contribution in [3.63, 3.8) is 0 Å². The maximum absolute atomic E-state index is 13.7. The van der Waals surface area contributed by atoms with Gasteiger partial charge in [-0.15, -0.1) is 0 Å². The smallest absolute Gasteiger partial charge is 0.133 e. The number of halogens is 2. The first-order valence-electron chi connectivity index (χ1n) is 6.06. The molecule has 0 aromatic heterocycles. The highest BCUT2D eigenvalue weighted by Gasteiger charge is 2.19. The molecule has 1 aromatic rings. The van der Waals surface area contributed by atoms with E-state index in [1.165, 1.54) is 19.2 Å². The molecule has 0 aliphatic heterocycles. The lowest BCUT2D eigenvalue weighted by Gasteiger charge is -2.24. The van der Waals surface area contributed by atoms with Crippen LogP contribution in [0, 0.1) is 17.0 Å². The van der Waals surface area contributed by atoms with Crippen LogP contribution in [0.2, 0.25) is 0 Å². The van der Waals surface area contributed by atoms with E-state index in [-0.39, 0.29) is 16.7 Å². The average Bonchev–Trinajstić information content (AvgIpc) is 2.27. The van der Waals surface area contributed by atoms with E-state index in [0.29, 0.717) is 12.8 Å². The third-order valence-electron chi connectivity index (χ3n) is 3.06. The van der Waals surface area contributed by atoms with Crippen LogP contribution < -0.4 is 10.1 Å². The number of methoxy groups -OCH3 is 1. The molecule has 0 unspecified atom stereocenters. The van der Waals surface area contributed by atoms with Gasteiger partial charge in [0.25, 0.3) is 0 Å². The monoisotopic (exact) mass is 257 g/mol. The lowest BCUT2D eigenvalue weighted by molar-refractivity contribution is 0.320. The van der Waals surface area contributed by atoms with Crippen molar-refractivity contribution >= 4 is 0 Å². The topological polar surface area (TPSA) is 21.3 Å². The van der Waals surface area contributed by atoms with Crippen LogP contribution in [-0.4, -0.2) is 20.7 Å². The number of hydrogen-bond acceptors (Lipinski definition) is 2. The van der Waals surface area contributed by atoms with E-state index in [9.17, 15) is 8.78 Å². The fraction of sp³-hybridized carbons (Fsp3) is 0.571. The predicted octanol–water partition coefficient (Wildman–Crippen LogP) is 3.15. The van der Waals surface area contributed by atoms with Crippen molar-refractivity contribution in [2.24, 2.45) is 5.41 Å². The third-order valence-corrected chi connectivity index (χ3v) is 3.06. The van der Waals surface area contributed by atoms with Gasteiger partial charge in [-0.25, -0.2) is 8.78 Å². The number of benzene rings is 1. The molecule has 0 bridgehead atoms. The molecular formula is C14H21F2NO. The standard InChI is InChI=1S/C14H21F2NO/c1-14(2,9-17-3)6-5-11-12(15)7-10(18-4)8-13(11)16/h7-8,17H,5-6,9H2,1-4H3. The van der Waals surface area contributed by atoms with Crippen molar-refractivity contribution in [1.82, 2.24) is 5.32 Å². The molecule has 0 saturated carbocycles. The van der Waals surface area contributed by atoms with E-state index in [2.05, 4.69) is 19.2 Å². The van der Waals surface area contributed by atoms with Gasteiger partial charge in [-0.2, -0.15) is 0 Å². The van der Waals surface area contributed by atoms with Crippen LogP contribution in [0.1, 0.15) is 25.8 Å². The van der Waals surface area contributed by atoms with Crippen LogP contribution >= 0.6 is 0 Å². The van der Waals surface area contributed by atoms with Gasteiger partial charge in [-0.05, 0) is 31.8 Å². The van der Waals surface area contributed by atoms with Gasteiger partial charge < -0.3 is 10.1 Å². The molecule has 18 heavy (non-hydrogen) atoms. The van der Waals surface area contributed by atoms with Crippen LogP contribution in [0.5, 0.6) is 5.75 Å². The number of hydrogen-bond donors (Lipinski definition) is 1. The predicted molar refractivity (Wildman–Crippen MR) is 68.9 cm³/mol. The maximum atomic E-state index is 13.7. The number of nitrogens with one attached hydrogen (secondary N) is 1. The summed E-state index contributed by atoms with van der Waals surface area (Å²) in [5.41, 5.74) is 0.146. The summed E-state index contributed by atoms with van der Waals surface area (Å²) in [4.78, 5) is 0. The minimum Gasteiger partial charge on any atom is -0.497 e. The normalized spacial score (nSPS) is 11.7. The molecule has 0 aliphatic rings. The number of rotatable bonds is 6. The Bertz CT molecular complexity index is 382. The van der Waals surface area contributed by atoms with Gasteiger partial charge in [0.2, 0.25) is 0 Å². The molecule has 0 saturated heterocycles. The van der Waals surface area contributed by atoms with Gasteiger partial charge in [0.1, 0.15) is 17.4 Å². The largest absolute Gasteiger partial charge is 0.497 e. The second-order valence-corrected chi connectivity index (χ2v) is 5.26. The van der Waals surface area contributed by atoms with Crippen molar-refractivity contribution in [2.75, 3.05) is 20.7 Å². The van der Waals surface area contributed by atoms with Crippen molar-refractivity contribution in [3.05, 3.63) is 29.3 Å². The minimum atomic E-state index is -0.535. The van der Waals surface area contributed by atoms with Gasteiger partial charge in [0.15, 0.2) is 0 Å². The first-order valence-corrected chi connectivity index (χ1v) is 6.06. The maximum Gasteiger partial charge on any atom is 0.133 e. The average molecular weight is 257 g/mol.